The molecular weight excluding hydrogens is 318 g/mol. The Hall–Kier alpha value is -1.71. The first-order valence-corrected chi connectivity index (χ1v) is 8.94. The van der Waals surface area contributed by atoms with Crippen LogP contribution in [0.1, 0.15) is 18.3 Å². The van der Waals surface area contributed by atoms with E-state index in [1.165, 1.54) is 16.8 Å². The van der Waals surface area contributed by atoms with Gasteiger partial charge in [-0.15, -0.1) is 0 Å². The molecule has 1 atom stereocenters. The Morgan fingerprint density at radius 2 is 2.09 bits per heavy atom. The van der Waals surface area contributed by atoms with Crippen LogP contribution in [0.2, 0.25) is 0 Å². The second-order valence-electron chi connectivity index (χ2n) is 5.69. The van der Waals surface area contributed by atoms with Gasteiger partial charge in [-0.3, -0.25) is 0 Å². The lowest BCUT2D eigenvalue weighted by Gasteiger charge is -2.33. The lowest BCUT2D eigenvalue weighted by Crippen LogP contribution is -2.47. The van der Waals surface area contributed by atoms with Gasteiger partial charge >= 0.3 is 0 Å². The van der Waals surface area contributed by atoms with E-state index in [0.29, 0.717) is 19.6 Å². The number of ether oxygens (including phenoxy) is 1. The Bertz CT molecular complexity index is 795. The molecule has 0 spiro atoms. The number of hydrogen-bond acceptors (Lipinski definition) is 5. The van der Waals surface area contributed by atoms with Gasteiger partial charge in [0.05, 0.1) is 37.5 Å². The zero-order chi connectivity index (χ0) is 16.6. The molecular formula is C14H21N5O3S. The third kappa shape index (κ3) is 2.91. The standard InChI is InChI=1S/C14H21N5O3S/c1-4-22-8-11-5-13-12(15-10-18(13)3)6-19(11)23(20,21)14-7-17(2)9-16-14/h7,9-11H,4-6,8H2,1-3H3/t11-/m1/s1. The highest BCUT2D eigenvalue weighted by Crippen LogP contribution is 2.27. The predicted molar refractivity (Wildman–Crippen MR) is 83.1 cm³/mol. The Balaban J connectivity index is 1.97. The van der Waals surface area contributed by atoms with E-state index < -0.39 is 10.0 Å². The van der Waals surface area contributed by atoms with Gasteiger partial charge in [-0.25, -0.2) is 18.4 Å². The van der Waals surface area contributed by atoms with Crippen molar-refractivity contribution in [2.24, 2.45) is 14.1 Å². The second-order valence-corrected chi connectivity index (χ2v) is 7.53. The van der Waals surface area contributed by atoms with E-state index in [4.69, 9.17) is 4.74 Å². The normalized spacial score (nSPS) is 19.0. The van der Waals surface area contributed by atoms with E-state index in [1.54, 1.807) is 17.9 Å². The molecule has 2 aromatic heterocycles. The van der Waals surface area contributed by atoms with Gasteiger partial charge in [-0.1, -0.05) is 0 Å². The van der Waals surface area contributed by atoms with Crippen molar-refractivity contribution in [1.29, 1.82) is 0 Å². The predicted octanol–water partition coefficient (Wildman–Crippen LogP) is 0.306. The van der Waals surface area contributed by atoms with Gasteiger partial charge in [0.15, 0.2) is 5.03 Å². The minimum absolute atomic E-state index is 0.0564. The molecule has 1 aliphatic rings. The summed E-state index contributed by atoms with van der Waals surface area (Å²) in [5, 5.41) is 0.0564. The molecule has 126 valence electrons. The van der Waals surface area contributed by atoms with Crippen LogP contribution in [0.15, 0.2) is 23.9 Å². The smallest absolute Gasteiger partial charge is 0.262 e. The number of aromatic nitrogens is 4. The van der Waals surface area contributed by atoms with Gasteiger partial charge in [-0.2, -0.15) is 4.31 Å². The first kappa shape index (κ1) is 16.2. The van der Waals surface area contributed by atoms with E-state index in [1.807, 2.05) is 18.5 Å². The Labute approximate surface area is 135 Å². The average molecular weight is 339 g/mol. The summed E-state index contributed by atoms with van der Waals surface area (Å²) in [5.41, 5.74) is 1.85. The van der Waals surface area contributed by atoms with Crippen molar-refractivity contribution >= 4 is 10.0 Å². The molecule has 23 heavy (non-hydrogen) atoms. The van der Waals surface area contributed by atoms with Crippen molar-refractivity contribution in [2.75, 3.05) is 13.2 Å². The molecule has 0 unspecified atom stereocenters. The summed E-state index contributed by atoms with van der Waals surface area (Å²) in [6.45, 7) is 3.04. The minimum atomic E-state index is -3.68. The maximum Gasteiger partial charge on any atom is 0.262 e. The van der Waals surface area contributed by atoms with E-state index in [0.717, 1.165) is 11.4 Å². The van der Waals surface area contributed by atoms with Gasteiger partial charge < -0.3 is 13.9 Å². The van der Waals surface area contributed by atoms with Gasteiger partial charge in [0, 0.05) is 39.0 Å². The summed E-state index contributed by atoms with van der Waals surface area (Å²) in [6, 6.07) is -0.259. The summed E-state index contributed by atoms with van der Waals surface area (Å²) in [5.74, 6) is 0. The molecule has 0 saturated heterocycles. The first-order valence-electron chi connectivity index (χ1n) is 7.50. The number of fused-ring (bicyclic) bond motifs is 1. The topological polar surface area (TPSA) is 82.3 Å². The van der Waals surface area contributed by atoms with E-state index in [9.17, 15) is 8.42 Å². The Kier molecular flexibility index (Phi) is 4.26. The molecule has 0 aliphatic carbocycles. The number of nitrogens with zero attached hydrogens (tertiary/aromatic N) is 5. The van der Waals surface area contributed by atoms with Crippen molar-refractivity contribution in [3.05, 3.63) is 30.2 Å². The summed E-state index contributed by atoms with van der Waals surface area (Å²) < 4.78 is 36.4. The highest BCUT2D eigenvalue weighted by molar-refractivity contribution is 7.89. The molecule has 0 fully saturated rings. The van der Waals surface area contributed by atoms with Crippen LogP contribution in [-0.2, 0) is 41.8 Å². The summed E-state index contributed by atoms with van der Waals surface area (Å²) in [4.78, 5) is 8.33. The zero-order valence-corrected chi connectivity index (χ0v) is 14.3. The number of imidazole rings is 2. The van der Waals surface area contributed by atoms with Crippen LogP contribution in [0.4, 0.5) is 0 Å². The highest BCUT2D eigenvalue weighted by atomic mass is 32.2. The van der Waals surface area contributed by atoms with Gasteiger partial charge in [-0.05, 0) is 6.92 Å². The molecule has 0 radical (unpaired) electrons. The molecule has 3 heterocycles. The van der Waals surface area contributed by atoms with Crippen LogP contribution in [0.5, 0.6) is 0 Å². The molecule has 2 aromatic rings. The van der Waals surface area contributed by atoms with Crippen molar-refractivity contribution in [3.8, 4) is 0 Å². The molecule has 3 rings (SSSR count). The van der Waals surface area contributed by atoms with Gasteiger partial charge in [0.25, 0.3) is 10.0 Å². The molecule has 1 aliphatic heterocycles. The number of sulfonamides is 1. The first-order chi connectivity index (χ1) is 10.9. The van der Waals surface area contributed by atoms with Crippen LogP contribution in [0.25, 0.3) is 0 Å². The summed E-state index contributed by atoms with van der Waals surface area (Å²) in [6.07, 6.45) is 5.30. The van der Waals surface area contributed by atoms with Crippen LogP contribution in [0.3, 0.4) is 0 Å². The van der Waals surface area contributed by atoms with Gasteiger partial charge in [0.1, 0.15) is 0 Å². The van der Waals surface area contributed by atoms with Crippen LogP contribution < -0.4 is 0 Å². The lowest BCUT2D eigenvalue weighted by atomic mass is 10.1. The van der Waals surface area contributed by atoms with Crippen molar-refractivity contribution < 1.29 is 13.2 Å². The van der Waals surface area contributed by atoms with Crippen LogP contribution in [0, 0.1) is 0 Å². The third-order valence-electron chi connectivity index (χ3n) is 4.06. The van der Waals surface area contributed by atoms with Crippen LogP contribution in [-0.4, -0.2) is 51.1 Å². The minimum Gasteiger partial charge on any atom is -0.380 e. The number of rotatable bonds is 5. The fourth-order valence-electron chi connectivity index (χ4n) is 2.82. The Morgan fingerprint density at radius 3 is 2.74 bits per heavy atom. The number of aryl methyl sites for hydroxylation is 2. The van der Waals surface area contributed by atoms with E-state index >= 15 is 0 Å². The largest absolute Gasteiger partial charge is 0.380 e. The van der Waals surface area contributed by atoms with Crippen molar-refractivity contribution in [3.63, 3.8) is 0 Å². The molecule has 9 heteroatoms. The van der Waals surface area contributed by atoms with Crippen molar-refractivity contribution in [1.82, 2.24) is 23.4 Å². The molecule has 0 bridgehead atoms. The molecule has 8 nitrogen and oxygen atoms in total. The Morgan fingerprint density at radius 1 is 1.30 bits per heavy atom. The summed E-state index contributed by atoms with van der Waals surface area (Å²) >= 11 is 0. The van der Waals surface area contributed by atoms with E-state index in [2.05, 4.69) is 9.97 Å². The van der Waals surface area contributed by atoms with Crippen LogP contribution >= 0.6 is 0 Å². The fraction of sp³-hybridized carbons (Fsp3) is 0.571. The van der Waals surface area contributed by atoms with E-state index in [-0.39, 0.29) is 17.6 Å². The maximum absolute atomic E-state index is 13.0. The second kappa shape index (κ2) is 6.06. The zero-order valence-electron chi connectivity index (χ0n) is 13.5. The molecule has 0 saturated carbocycles. The summed E-state index contributed by atoms with van der Waals surface area (Å²) in [7, 11) is -0.0122. The molecule has 0 aromatic carbocycles. The SMILES string of the molecule is CCOC[C@H]1Cc2c(ncn2C)CN1S(=O)(=O)c1cn(C)cn1. The average Bonchev–Trinajstić information content (AvgIpc) is 3.11. The maximum atomic E-state index is 13.0. The molecule has 0 amide bonds. The quantitative estimate of drug-likeness (QED) is 0.783. The number of hydrogen-bond donors (Lipinski definition) is 0. The fourth-order valence-corrected chi connectivity index (χ4v) is 4.36. The third-order valence-corrected chi connectivity index (χ3v) is 5.84. The monoisotopic (exact) mass is 339 g/mol. The van der Waals surface area contributed by atoms with Gasteiger partial charge in [0.2, 0.25) is 0 Å². The highest BCUT2D eigenvalue weighted by Gasteiger charge is 2.38. The molecule has 0 N–H and O–H groups in total. The lowest BCUT2D eigenvalue weighted by molar-refractivity contribution is 0.0901. The van der Waals surface area contributed by atoms with Crippen molar-refractivity contribution in [2.45, 2.75) is 31.0 Å².